The molecule has 1 aromatic rings. The van der Waals surface area contributed by atoms with E-state index in [0.29, 0.717) is 44.7 Å². The summed E-state index contributed by atoms with van der Waals surface area (Å²) < 4.78 is 27.0. The van der Waals surface area contributed by atoms with Crippen LogP contribution in [-0.4, -0.2) is 67.8 Å². The van der Waals surface area contributed by atoms with Crippen LogP contribution in [0.3, 0.4) is 0 Å². The maximum Gasteiger partial charge on any atom is 0.307 e. The lowest BCUT2D eigenvalue weighted by Crippen LogP contribution is -2.46. The van der Waals surface area contributed by atoms with Crippen LogP contribution in [0.1, 0.15) is 25.7 Å². The maximum atomic E-state index is 12.7. The van der Waals surface area contributed by atoms with Crippen molar-refractivity contribution in [3.63, 3.8) is 0 Å². The predicted molar refractivity (Wildman–Crippen MR) is 104 cm³/mol. The smallest absolute Gasteiger partial charge is 0.307 e. The zero-order chi connectivity index (χ0) is 20.3. The Hall–Kier alpha value is -1.97. The molecule has 8 nitrogen and oxygen atoms in total. The summed E-state index contributed by atoms with van der Waals surface area (Å²) in [6.45, 7) is 2.30. The van der Waals surface area contributed by atoms with Gasteiger partial charge in [0.05, 0.1) is 16.7 Å². The topological polar surface area (TPSA) is 107 Å². The minimum atomic E-state index is -3.55. The Morgan fingerprint density at radius 1 is 1.00 bits per heavy atom. The third-order valence-corrected chi connectivity index (χ3v) is 7.55. The summed E-state index contributed by atoms with van der Waals surface area (Å²) in [7, 11) is -1.59. The molecule has 154 valence electrons. The molecule has 1 aromatic carbocycles. The first-order valence-corrected chi connectivity index (χ1v) is 11.1. The monoisotopic (exact) mass is 409 g/mol. The fourth-order valence-electron chi connectivity index (χ4n) is 3.86. The Morgan fingerprint density at radius 2 is 1.57 bits per heavy atom. The second-order valence-corrected chi connectivity index (χ2v) is 9.49. The number of likely N-dealkylation sites (N-methyl/N-ethyl adjacent to an activating group) is 1. The van der Waals surface area contributed by atoms with Gasteiger partial charge in [0, 0.05) is 31.9 Å². The van der Waals surface area contributed by atoms with Crippen LogP contribution in [0.2, 0.25) is 0 Å². The molecule has 0 spiro atoms. The molecule has 2 N–H and O–H groups in total. The number of hydrogen-bond acceptors (Lipinski definition) is 5. The molecule has 2 unspecified atom stereocenters. The molecule has 2 aliphatic rings. The van der Waals surface area contributed by atoms with Crippen molar-refractivity contribution in [2.45, 2.75) is 30.6 Å². The molecule has 28 heavy (non-hydrogen) atoms. The van der Waals surface area contributed by atoms with Crippen molar-refractivity contribution in [3.05, 3.63) is 24.3 Å². The molecule has 1 aliphatic carbocycles. The van der Waals surface area contributed by atoms with Crippen LogP contribution in [-0.2, 0) is 19.6 Å². The summed E-state index contributed by atoms with van der Waals surface area (Å²) in [5.41, 5.74) is 0.469. The molecule has 0 aromatic heterocycles. The molecule has 2 fully saturated rings. The van der Waals surface area contributed by atoms with E-state index in [1.165, 1.54) is 16.4 Å². The number of nitrogens with one attached hydrogen (secondary N) is 1. The highest BCUT2D eigenvalue weighted by Gasteiger charge is 2.35. The average Bonchev–Trinajstić information content (AvgIpc) is 2.68. The molecule has 1 saturated carbocycles. The number of carboxylic acids is 1. The number of hydrogen-bond donors (Lipinski definition) is 2. The van der Waals surface area contributed by atoms with E-state index in [1.54, 1.807) is 12.1 Å². The van der Waals surface area contributed by atoms with Crippen molar-refractivity contribution in [2.24, 2.45) is 11.8 Å². The molecule has 1 amide bonds. The highest BCUT2D eigenvalue weighted by molar-refractivity contribution is 7.89. The van der Waals surface area contributed by atoms with Crippen LogP contribution < -0.4 is 5.32 Å². The van der Waals surface area contributed by atoms with Crippen molar-refractivity contribution in [1.29, 1.82) is 0 Å². The van der Waals surface area contributed by atoms with Crippen LogP contribution in [0, 0.1) is 11.8 Å². The number of sulfonamides is 1. The van der Waals surface area contributed by atoms with Crippen molar-refractivity contribution >= 4 is 27.6 Å². The van der Waals surface area contributed by atoms with E-state index < -0.39 is 27.8 Å². The molecule has 9 heteroatoms. The summed E-state index contributed by atoms with van der Waals surface area (Å²) in [5.74, 6) is -2.47. The Kier molecular flexibility index (Phi) is 6.36. The minimum Gasteiger partial charge on any atom is -0.481 e. The standard InChI is InChI=1S/C19H27N3O5S/c1-21-10-12-22(13-11-21)28(26,27)15-8-6-14(7-9-15)20-18(23)16-4-2-3-5-17(16)19(24)25/h6-9,16-17H,2-5,10-13H2,1H3,(H,20,23)(H,24,25). The van der Waals surface area contributed by atoms with Crippen LogP contribution in [0.4, 0.5) is 5.69 Å². The van der Waals surface area contributed by atoms with E-state index in [2.05, 4.69) is 10.2 Å². The van der Waals surface area contributed by atoms with Gasteiger partial charge in [0.2, 0.25) is 15.9 Å². The number of carbonyl (C=O) groups excluding carboxylic acids is 1. The van der Waals surface area contributed by atoms with Crippen molar-refractivity contribution in [2.75, 3.05) is 38.5 Å². The molecule has 0 radical (unpaired) electrons. The minimum absolute atomic E-state index is 0.191. The van der Waals surface area contributed by atoms with E-state index in [0.717, 1.165) is 12.8 Å². The third-order valence-electron chi connectivity index (χ3n) is 5.64. The van der Waals surface area contributed by atoms with Gasteiger partial charge in [0.25, 0.3) is 0 Å². The molecule has 2 atom stereocenters. The number of carbonyl (C=O) groups is 2. The number of anilines is 1. The molecule has 1 aliphatic heterocycles. The summed E-state index contributed by atoms with van der Waals surface area (Å²) >= 11 is 0. The summed E-state index contributed by atoms with van der Waals surface area (Å²) in [4.78, 5) is 26.2. The largest absolute Gasteiger partial charge is 0.481 e. The van der Waals surface area contributed by atoms with Gasteiger partial charge in [-0.3, -0.25) is 9.59 Å². The van der Waals surface area contributed by atoms with Gasteiger partial charge in [0.1, 0.15) is 0 Å². The quantitative estimate of drug-likeness (QED) is 0.762. The third kappa shape index (κ3) is 4.53. The highest BCUT2D eigenvalue weighted by Crippen LogP contribution is 2.31. The summed E-state index contributed by atoms with van der Waals surface area (Å²) in [6, 6.07) is 6.08. The van der Waals surface area contributed by atoms with Gasteiger partial charge in [-0.15, -0.1) is 0 Å². The molecule has 0 bridgehead atoms. The zero-order valence-electron chi connectivity index (χ0n) is 16.0. The number of benzene rings is 1. The van der Waals surface area contributed by atoms with Crippen molar-refractivity contribution in [3.8, 4) is 0 Å². The van der Waals surface area contributed by atoms with Gasteiger partial charge in [-0.05, 0) is 44.2 Å². The lowest BCUT2D eigenvalue weighted by atomic mass is 9.78. The van der Waals surface area contributed by atoms with Crippen LogP contribution in [0.5, 0.6) is 0 Å². The first-order chi connectivity index (χ1) is 13.3. The van der Waals surface area contributed by atoms with Gasteiger partial charge >= 0.3 is 5.97 Å². The number of aliphatic carboxylic acids is 1. The Morgan fingerprint density at radius 3 is 2.14 bits per heavy atom. The second kappa shape index (κ2) is 8.59. The SMILES string of the molecule is CN1CCN(S(=O)(=O)c2ccc(NC(=O)C3CCCCC3C(=O)O)cc2)CC1. The van der Waals surface area contributed by atoms with Gasteiger partial charge in [-0.1, -0.05) is 12.8 Å². The van der Waals surface area contributed by atoms with Gasteiger partial charge in [0.15, 0.2) is 0 Å². The Bertz CT molecular complexity index is 816. The number of carboxylic acid groups (broad SMARTS) is 1. The second-order valence-electron chi connectivity index (χ2n) is 7.56. The van der Waals surface area contributed by atoms with Gasteiger partial charge in [-0.25, -0.2) is 8.42 Å². The first-order valence-electron chi connectivity index (χ1n) is 9.61. The van der Waals surface area contributed by atoms with E-state index in [-0.39, 0.29) is 10.8 Å². The molecular formula is C19H27N3O5S. The molecule has 1 heterocycles. The number of rotatable bonds is 5. The highest BCUT2D eigenvalue weighted by atomic mass is 32.2. The van der Waals surface area contributed by atoms with E-state index in [9.17, 15) is 23.1 Å². The first kappa shape index (κ1) is 20.8. The van der Waals surface area contributed by atoms with Crippen LogP contribution in [0.25, 0.3) is 0 Å². The molecule has 3 rings (SSSR count). The molecule has 1 saturated heterocycles. The number of piperazine rings is 1. The van der Waals surface area contributed by atoms with Crippen LogP contribution >= 0.6 is 0 Å². The van der Waals surface area contributed by atoms with Gasteiger partial charge in [-0.2, -0.15) is 4.31 Å². The number of amides is 1. The lowest BCUT2D eigenvalue weighted by molar-refractivity contribution is -0.147. The normalized spacial score (nSPS) is 24.6. The zero-order valence-corrected chi connectivity index (χ0v) is 16.8. The maximum absolute atomic E-state index is 12.7. The van der Waals surface area contributed by atoms with Gasteiger partial charge < -0.3 is 15.3 Å². The fraction of sp³-hybridized carbons (Fsp3) is 0.579. The van der Waals surface area contributed by atoms with Crippen molar-refractivity contribution < 1.29 is 23.1 Å². The number of nitrogens with zero attached hydrogens (tertiary/aromatic N) is 2. The summed E-state index contributed by atoms with van der Waals surface area (Å²) in [6.07, 6.45) is 2.72. The van der Waals surface area contributed by atoms with E-state index in [4.69, 9.17) is 0 Å². The van der Waals surface area contributed by atoms with E-state index >= 15 is 0 Å². The summed E-state index contributed by atoms with van der Waals surface area (Å²) in [5, 5.41) is 12.1. The average molecular weight is 410 g/mol. The van der Waals surface area contributed by atoms with E-state index in [1.807, 2.05) is 7.05 Å². The Balaban J connectivity index is 1.67. The molecular weight excluding hydrogens is 382 g/mol. The lowest BCUT2D eigenvalue weighted by Gasteiger charge is -2.31. The van der Waals surface area contributed by atoms with Crippen LogP contribution in [0.15, 0.2) is 29.2 Å². The Labute approximate surface area is 165 Å². The predicted octanol–water partition coefficient (Wildman–Crippen LogP) is 1.45. The van der Waals surface area contributed by atoms with Crippen molar-refractivity contribution in [1.82, 2.24) is 9.21 Å². The fourth-order valence-corrected chi connectivity index (χ4v) is 5.29.